The number of carbonyl (C=O) groups is 1. The van der Waals surface area contributed by atoms with E-state index in [1.54, 1.807) is 24.3 Å². The Hall–Kier alpha value is -1.35. The number of methoxy groups -OCH3 is 1. The Morgan fingerprint density at radius 2 is 2.00 bits per heavy atom. The van der Waals surface area contributed by atoms with Crippen molar-refractivity contribution in [2.45, 2.75) is 6.04 Å². The highest BCUT2D eigenvalue weighted by molar-refractivity contribution is 5.76. The zero-order valence-corrected chi connectivity index (χ0v) is 6.78. The Kier molecular flexibility index (Phi) is 2.82. The fraction of sp³-hybridized carbons (Fsp3) is 0.222. The van der Waals surface area contributed by atoms with Crippen LogP contribution in [0.25, 0.3) is 0 Å². The summed E-state index contributed by atoms with van der Waals surface area (Å²) in [7, 11) is 1.28. The van der Waals surface area contributed by atoms with Crippen molar-refractivity contribution in [1.29, 1.82) is 0 Å². The molecule has 1 aromatic rings. The zero-order chi connectivity index (χ0) is 8.97. The number of hydrogen-bond donors (Lipinski definition) is 0. The lowest BCUT2D eigenvalue weighted by Crippen LogP contribution is -2.14. The van der Waals surface area contributed by atoms with Crippen molar-refractivity contribution in [3.63, 3.8) is 0 Å². The molecule has 0 aliphatic rings. The molecular formula is C9H10NO2. The Morgan fingerprint density at radius 1 is 1.42 bits per heavy atom. The molecule has 0 fully saturated rings. The molecule has 0 aromatic heterocycles. The fourth-order valence-corrected chi connectivity index (χ4v) is 0.899. The molecule has 3 nitrogen and oxygen atoms in total. The molecule has 0 spiro atoms. The van der Waals surface area contributed by atoms with Gasteiger partial charge in [-0.25, -0.2) is 10.5 Å². The van der Waals surface area contributed by atoms with Crippen LogP contribution in [-0.4, -0.2) is 13.1 Å². The van der Waals surface area contributed by atoms with E-state index in [-0.39, 0.29) is 0 Å². The standard InChI is InChI=1S/C9H10NO2/c1-12-9(11)8(10)7-5-3-2-4-6-7/h2-6,8,10H,1H3/t8-/m1/s1. The Balaban J connectivity index is 2.78. The van der Waals surface area contributed by atoms with Crippen molar-refractivity contribution in [3.05, 3.63) is 35.9 Å². The van der Waals surface area contributed by atoms with Crippen LogP contribution >= 0.6 is 0 Å². The first kappa shape index (κ1) is 8.74. The molecule has 0 amide bonds. The van der Waals surface area contributed by atoms with Gasteiger partial charge in [-0.1, -0.05) is 30.3 Å². The third kappa shape index (κ3) is 1.83. The summed E-state index contributed by atoms with van der Waals surface area (Å²) >= 11 is 0. The molecule has 1 radical (unpaired) electrons. The van der Waals surface area contributed by atoms with Crippen LogP contribution in [-0.2, 0) is 9.53 Å². The lowest BCUT2D eigenvalue weighted by atomic mass is 10.1. The second-order valence-corrected chi connectivity index (χ2v) is 2.37. The quantitative estimate of drug-likeness (QED) is 0.616. The van der Waals surface area contributed by atoms with E-state index in [1.165, 1.54) is 7.11 Å². The number of esters is 1. The van der Waals surface area contributed by atoms with E-state index in [2.05, 4.69) is 4.74 Å². The maximum atomic E-state index is 10.9. The summed E-state index contributed by atoms with van der Waals surface area (Å²) in [4.78, 5) is 10.9. The predicted molar refractivity (Wildman–Crippen MR) is 44.3 cm³/mol. The van der Waals surface area contributed by atoms with Gasteiger partial charge in [-0.2, -0.15) is 0 Å². The smallest absolute Gasteiger partial charge is 0.328 e. The number of rotatable bonds is 2. The molecule has 0 aliphatic heterocycles. The van der Waals surface area contributed by atoms with Crippen molar-refractivity contribution in [3.8, 4) is 0 Å². The van der Waals surface area contributed by atoms with Crippen LogP contribution in [0.4, 0.5) is 0 Å². The van der Waals surface area contributed by atoms with Gasteiger partial charge in [-0.3, -0.25) is 0 Å². The molecule has 0 bridgehead atoms. The summed E-state index contributed by atoms with van der Waals surface area (Å²) < 4.78 is 4.44. The average Bonchev–Trinajstić information content (AvgIpc) is 2.17. The number of nitrogens with one attached hydrogen (secondary N) is 1. The maximum absolute atomic E-state index is 10.9. The molecule has 0 unspecified atom stereocenters. The van der Waals surface area contributed by atoms with Gasteiger partial charge in [0, 0.05) is 0 Å². The second kappa shape index (κ2) is 3.88. The lowest BCUT2D eigenvalue weighted by Gasteiger charge is -2.07. The van der Waals surface area contributed by atoms with Crippen molar-refractivity contribution in [1.82, 2.24) is 5.73 Å². The molecule has 0 aliphatic carbocycles. The third-order valence-corrected chi connectivity index (χ3v) is 1.57. The molecule has 0 saturated heterocycles. The molecule has 1 N–H and O–H groups in total. The van der Waals surface area contributed by atoms with Crippen LogP contribution in [0.5, 0.6) is 0 Å². The van der Waals surface area contributed by atoms with E-state index in [4.69, 9.17) is 5.73 Å². The summed E-state index contributed by atoms with van der Waals surface area (Å²) in [6.45, 7) is 0. The monoisotopic (exact) mass is 164 g/mol. The van der Waals surface area contributed by atoms with Crippen LogP contribution in [0, 0.1) is 0 Å². The van der Waals surface area contributed by atoms with Crippen molar-refractivity contribution in [2.24, 2.45) is 0 Å². The maximum Gasteiger partial charge on any atom is 0.328 e. The first-order valence-corrected chi connectivity index (χ1v) is 3.59. The Morgan fingerprint density at radius 3 is 2.50 bits per heavy atom. The molecule has 12 heavy (non-hydrogen) atoms. The lowest BCUT2D eigenvalue weighted by molar-refractivity contribution is -0.142. The minimum absolute atomic E-state index is 0.527. The molecular weight excluding hydrogens is 154 g/mol. The third-order valence-electron chi connectivity index (χ3n) is 1.57. The van der Waals surface area contributed by atoms with Crippen molar-refractivity contribution >= 4 is 5.97 Å². The van der Waals surface area contributed by atoms with Gasteiger partial charge in [0.15, 0.2) is 0 Å². The number of hydrogen-bond acceptors (Lipinski definition) is 2. The van der Waals surface area contributed by atoms with E-state index in [1.807, 2.05) is 6.07 Å². The van der Waals surface area contributed by atoms with Gasteiger partial charge in [-0.05, 0) is 5.56 Å². The molecule has 63 valence electrons. The second-order valence-electron chi connectivity index (χ2n) is 2.37. The van der Waals surface area contributed by atoms with E-state index in [0.29, 0.717) is 5.56 Å². The molecule has 1 aromatic carbocycles. The molecule has 0 saturated carbocycles. The van der Waals surface area contributed by atoms with Crippen LogP contribution in [0.15, 0.2) is 30.3 Å². The molecule has 0 heterocycles. The summed E-state index contributed by atoms with van der Waals surface area (Å²) in [5.41, 5.74) is 8.10. The van der Waals surface area contributed by atoms with Crippen LogP contribution in [0.3, 0.4) is 0 Å². The van der Waals surface area contributed by atoms with Gasteiger partial charge in [0.1, 0.15) is 6.04 Å². The summed E-state index contributed by atoms with van der Waals surface area (Å²) in [6, 6.07) is 7.97. The van der Waals surface area contributed by atoms with Crippen LogP contribution < -0.4 is 5.73 Å². The molecule has 1 rings (SSSR count). The van der Waals surface area contributed by atoms with E-state index in [9.17, 15) is 4.79 Å². The highest BCUT2D eigenvalue weighted by Crippen LogP contribution is 2.11. The summed E-state index contributed by atoms with van der Waals surface area (Å²) in [5, 5.41) is 0. The van der Waals surface area contributed by atoms with Gasteiger partial charge >= 0.3 is 5.97 Å². The predicted octanol–water partition coefficient (Wildman–Crippen LogP) is 1.18. The fourth-order valence-electron chi connectivity index (χ4n) is 0.899. The van der Waals surface area contributed by atoms with Gasteiger partial charge in [0.2, 0.25) is 0 Å². The van der Waals surface area contributed by atoms with Crippen LogP contribution in [0.1, 0.15) is 11.6 Å². The summed E-state index contributed by atoms with van der Waals surface area (Å²) in [6.07, 6.45) is 0. The zero-order valence-electron chi connectivity index (χ0n) is 6.78. The minimum atomic E-state index is -0.920. The number of benzene rings is 1. The highest BCUT2D eigenvalue weighted by atomic mass is 16.5. The molecule has 1 atom stereocenters. The van der Waals surface area contributed by atoms with E-state index < -0.39 is 12.0 Å². The normalized spacial score (nSPS) is 12.2. The van der Waals surface area contributed by atoms with Gasteiger partial charge in [-0.15, -0.1) is 0 Å². The van der Waals surface area contributed by atoms with Gasteiger partial charge < -0.3 is 4.74 Å². The van der Waals surface area contributed by atoms with Crippen LogP contribution in [0.2, 0.25) is 0 Å². The Bertz CT molecular complexity index is 258. The number of ether oxygens (including phenoxy) is 1. The number of carbonyl (C=O) groups excluding carboxylic acids is 1. The minimum Gasteiger partial charge on any atom is -0.468 e. The van der Waals surface area contributed by atoms with E-state index in [0.717, 1.165) is 0 Å². The van der Waals surface area contributed by atoms with Gasteiger partial charge in [0.25, 0.3) is 0 Å². The average molecular weight is 164 g/mol. The largest absolute Gasteiger partial charge is 0.468 e. The van der Waals surface area contributed by atoms with Crippen molar-refractivity contribution < 1.29 is 9.53 Å². The topological polar surface area (TPSA) is 50.1 Å². The first-order valence-electron chi connectivity index (χ1n) is 3.59. The summed E-state index contributed by atoms with van der Waals surface area (Å²) in [5.74, 6) is -0.527. The highest BCUT2D eigenvalue weighted by Gasteiger charge is 2.15. The Labute approximate surface area is 71.1 Å². The van der Waals surface area contributed by atoms with E-state index >= 15 is 0 Å². The molecule has 3 heteroatoms. The SMILES string of the molecule is COC(=O)[C@H]([NH])c1ccccc1. The van der Waals surface area contributed by atoms with Gasteiger partial charge in [0.05, 0.1) is 7.11 Å². The first-order chi connectivity index (χ1) is 5.75. The van der Waals surface area contributed by atoms with Crippen molar-refractivity contribution in [2.75, 3.05) is 7.11 Å².